The summed E-state index contributed by atoms with van der Waals surface area (Å²) < 4.78 is 5.39. The van der Waals surface area contributed by atoms with E-state index in [2.05, 4.69) is 25.8 Å². The van der Waals surface area contributed by atoms with Gasteiger partial charge in [-0.15, -0.1) is 5.10 Å². The van der Waals surface area contributed by atoms with Gasteiger partial charge in [-0.25, -0.2) is 9.59 Å². The fraction of sp³-hybridized carbons (Fsp3) is 0.227. The van der Waals surface area contributed by atoms with Crippen molar-refractivity contribution in [3.8, 4) is 11.1 Å². The Kier molecular flexibility index (Phi) is 6.31. The zero-order valence-electron chi connectivity index (χ0n) is 17.3. The van der Waals surface area contributed by atoms with Crippen molar-refractivity contribution in [1.29, 1.82) is 0 Å². The Morgan fingerprint density at radius 3 is 2.30 bits per heavy atom. The van der Waals surface area contributed by atoms with Crippen LogP contribution in [0.5, 0.6) is 0 Å². The molecule has 11 nitrogen and oxygen atoms in total. The van der Waals surface area contributed by atoms with Crippen molar-refractivity contribution in [1.82, 2.24) is 20.5 Å². The first-order chi connectivity index (χ1) is 16.0. The molecule has 2 amide bonds. The number of aromatic nitrogens is 3. The van der Waals surface area contributed by atoms with Crippen LogP contribution in [-0.2, 0) is 9.53 Å². The summed E-state index contributed by atoms with van der Waals surface area (Å²) in [7, 11) is 0. The van der Waals surface area contributed by atoms with Crippen LogP contribution in [-0.4, -0.2) is 62.6 Å². The molecule has 0 spiro atoms. The molecule has 0 radical (unpaired) electrons. The minimum absolute atomic E-state index is 0.0963. The van der Waals surface area contributed by atoms with E-state index < -0.39 is 30.6 Å². The average molecular weight is 451 g/mol. The highest BCUT2D eigenvalue weighted by Gasteiger charge is 2.29. The number of carbonyl (C=O) groups excluding carboxylic acids is 2. The number of amides is 2. The molecule has 1 heterocycles. The number of hydrogen-bond donors (Lipinski definition) is 5. The summed E-state index contributed by atoms with van der Waals surface area (Å²) in [5.41, 5.74) is 4.35. The van der Waals surface area contributed by atoms with Crippen LogP contribution < -0.4 is 10.6 Å². The van der Waals surface area contributed by atoms with Gasteiger partial charge in [0.15, 0.2) is 0 Å². The maximum absolute atomic E-state index is 12.3. The third-order valence-electron chi connectivity index (χ3n) is 5.28. The fourth-order valence-electron chi connectivity index (χ4n) is 3.76. The number of aliphatic hydroxyl groups excluding tert-OH is 1. The lowest BCUT2D eigenvalue weighted by molar-refractivity contribution is -0.139. The van der Waals surface area contributed by atoms with Crippen molar-refractivity contribution < 1.29 is 29.3 Å². The number of nitrogens with zero attached hydrogens (tertiary/aromatic N) is 2. The molecular formula is C22H21N5O6. The van der Waals surface area contributed by atoms with Gasteiger partial charge in [-0.3, -0.25) is 15.2 Å². The second kappa shape index (κ2) is 9.49. The van der Waals surface area contributed by atoms with E-state index in [1.165, 1.54) is 0 Å². The quantitative estimate of drug-likeness (QED) is 0.345. The number of hydrogen-bond acceptors (Lipinski definition) is 7. The normalized spacial score (nSPS) is 13.0. The number of fused-ring (bicyclic) bond motifs is 3. The number of anilines is 1. The second-order valence-electron chi connectivity index (χ2n) is 7.33. The number of aliphatic carboxylic acids is 1. The van der Waals surface area contributed by atoms with E-state index in [-0.39, 0.29) is 30.7 Å². The van der Waals surface area contributed by atoms with Crippen LogP contribution in [0, 0.1) is 0 Å². The zero-order valence-corrected chi connectivity index (χ0v) is 17.3. The highest BCUT2D eigenvalue weighted by atomic mass is 16.5. The van der Waals surface area contributed by atoms with E-state index >= 15 is 0 Å². The standard InChI is InChI=1S/C22H21N5O6/c28-10-9-17(20(30)31)23-19(29)18-24-21(27-26-18)25-22(32)33-11-16-14-7-3-1-5-12(14)13-6-2-4-8-15(13)16/h1-8,16-17,28H,9-11H2,(H,23,29)(H,30,31)(H2,24,25,26,27,32). The highest BCUT2D eigenvalue weighted by molar-refractivity contribution is 5.94. The maximum atomic E-state index is 12.3. The minimum Gasteiger partial charge on any atom is -0.480 e. The van der Waals surface area contributed by atoms with Crippen molar-refractivity contribution in [2.45, 2.75) is 18.4 Å². The van der Waals surface area contributed by atoms with Crippen molar-refractivity contribution in [2.24, 2.45) is 0 Å². The number of carboxylic acid groups (broad SMARTS) is 1. The van der Waals surface area contributed by atoms with Crippen LogP contribution in [0.2, 0.25) is 0 Å². The number of rotatable bonds is 8. The molecule has 3 aromatic rings. The molecule has 0 saturated heterocycles. The third kappa shape index (κ3) is 4.67. The maximum Gasteiger partial charge on any atom is 0.414 e. The lowest BCUT2D eigenvalue weighted by Crippen LogP contribution is -2.41. The largest absolute Gasteiger partial charge is 0.480 e. The first kappa shape index (κ1) is 22.0. The van der Waals surface area contributed by atoms with Crippen LogP contribution in [0.3, 0.4) is 0 Å². The molecule has 0 bridgehead atoms. The number of H-pyrrole nitrogens is 1. The van der Waals surface area contributed by atoms with E-state index in [1.54, 1.807) is 0 Å². The molecule has 1 aliphatic rings. The lowest BCUT2D eigenvalue weighted by Gasteiger charge is -2.13. The summed E-state index contributed by atoms with van der Waals surface area (Å²) in [6, 6.07) is 14.6. The van der Waals surface area contributed by atoms with Gasteiger partial charge in [0.1, 0.15) is 12.6 Å². The molecule has 4 rings (SSSR count). The van der Waals surface area contributed by atoms with Gasteiger partial charge in [0.05, 0.1) is 0 Å². The van der Waals surface area contributed by atoms with Gasteiger partial charge >= 0.3 is 12.1 Å². The summed E-state index contributed by atoms with van der Waals surface area (Å²) in [4.78, 5) is 39.3. The summed E-state index contributed by atoms with van der Waals surface area (Å²) >= 11 is 0. The molecule has 0 saturated carbocycles. The van der Waals surface area contributed by atoms with Gasteiger partial charge in [0, 0.05) is 18.9 Å². The molecule has 0 aliphatic heterocycles. The van der Waals surface area contributed by atoms with Crippen molar-refractivity contribution in [2.75, 3.05) is 18.5 Å². The van der Waals surface area contributed by atoms with Gasteiger partial charge in [-0.1, -0.05) is 48.5 Å². The highest BCUT2D eigenvalue weighted by Crippen LogP contribution is 2.44. The monoisotopic (exact) mass is 451 g/mol. The van der Waals surface area contributed by atoms with E-state index in [9.17, 15) is 14.4 Å². The Balaban J connectivity index is 1.36. The number of carbonyl (C=O) groups is 3. The van der Waals surface area contributed by atoms with Crippen LogP contribution in [0.25, 0.3) is 11.1 Å². The van der Waals surface area contributed by atoms with Crippen LogP contribution in [0.15, 0.2) is 48.5 Å². The van der Waals surface area contributed by atoms with E-state index in [4.69, 9.17) is 14.9 Å². The van der Waals surface area contributed by atoms with Crippen molar-refractivity contribution in [3.05, 3.63) is 65.5 Å². The van der Waals surface area contributed by atoms with E-state index in [0.717, 1.165) is 22.3 Å². The topological polar surface area (TPSA) is 167 Å². The number of aliphatic hydroxyl groups is 1. The van der Waals surface area contributed by atoms with Gasteiger partial charge in [0.2, 0.25) is 5.82 Å². The van der Waals surface area contributed by atoms with Crippen molar-refractivity contribution >= 4 is 23.9 Å². The molecule has 2 aromatic carbocycles. The number of ether oxygens (including phenoxy) is 1. The minimum atomic E-state index is -1.30. The number of nitrogens with one attached hydrogen (secondary N) is 3. The summed E-state index contributed by atoms with van der Waals surface area (Å²) in [6.45, 7) is -0.318. The molecule has 5 N–H and O–H groups in total. The molecule has 33 heavy (non-hydrogen) atoms. The third-order valence-corrected chi connectivity index (χ3v) is 5.28. The Morgan fingerprint density at radius 2 is 1.70 bits per heavy atom. The summed E-state index contributed by atoms with van der Waals surface area (Å²) in [6.07, 6.45) is -0.966. The van der Waals surface area contributed by atoms with Crippen LogP contribution in [0.1, 0.15) is 34.1 Å². The van der Waals surface area contributed by atoms with Gasteiger partial charge in [-0.05, 0) is 22.3 Å². The molecular weight excluding hydrogens is 430 g/mol. The number of carboxylic acids is 1. The van der Waals surface area contributed by atoms with Crippen LogP contribution in [0.4, 0.5) is 10.7 Å². The first-order valence-electron chi connectivity index (χ1n) is 10.2. The summed E-state index contributed by atoms with van der Waals surface area (Å²) in [5, 5.41) is 28.5. The molecule has 1 aliphatic carbocycles. The molecule has 1 unspecified atom stereocenters. The average Bonchev–Trinajstić information content (AvgIpc) is 3.40. The molecule has 170 valence electrons. The predicted octanol–water partition coefficient (Wildman–Crippen LogP) is 1.73. The second-order valence-corrected chi connectivity index (χ2v) is 7.33. The Bertz CT molecular complexity index is 1150. The van der Waals surface area contributed by atoms with Gasteiger partial charge < -0.3 is 20.3 Å². The van der Waals surface area contributed by atoms with Crippen LogP contribution >= 0.6 is 0 Å². The molecule has 0 fully saturated rings. The first-order valence-corrected chi connectivity index (χ1v) is 10.2. The Labute approximate surface area is 187 Å². The SMILES string of the molecule is O=C(Nc1n[nH]c(C(=O)NC(CCO)C(=O)O)n1)OCC1c2ccccc2-c2ccccc21. The number of benzene rings is 2. The zero-order chi connectivity index (χ0) is 23.4. The van der Waals surface area contributed by atoms with Gasteiger partial charge in [0.25, 0.3) is 11.9 Å². The Hall–Kier alpha value is -4.25. The molecule has 11 heteroatoms. The smallest absolute Gasteiger partial charge is 0.414 e. The molecule has 1 atom stereocenters. The van der Waals surface area contributed by atoms with E-state index in [0.29, 0.717) is 0 Å². The lowest BCUT2D eigenvalue weighted by atomic mass is 9.98. The van der Waals surface area contributed by atoms with Crippen molar-refractivity contribution in [3.63, 3.8) is 0 Å². The summed E-state index contributed by atoms with van der Waals surface area (Å²) in [5.74, 6) is -2.76. The van der Waals surface area contributed by atoms with E-state index in [1.807, 2.05) is 48.5 Å². The molecule has 1 aromatic heterocycles. The predicted molar refractivity (Wildman–Crippen MR) is 116 cm³/mol. The fourth-order valence-corrected chi connectivity index (χ4v) is 3.76. The Morgan fingerprint density at radius 1 is 1.06 bits per heavy atom. The number of aromatic amines is 1. The van der Waals surface area contributed by atoms with Gasteiger partial charge in [-0.2, -0.15) is 4.98 Å².